The SMILES string of the molecule is CC(C)n1cc(C[N+](C)(C)CCS(=O)(=O)[O-])nn1. The standard InChI is InChI=1S/C10H20N4O3S/c1-9(2)13-7-10(11-12-13)8-14(3,4)5-6-18(15,16)17/h7,9H,5-6,8H2,1-4H3. The average molecular weight is 276 g/mol. The number of rotatable bonds is 6. The smallest absolute Gasteiger partial charge is 0.137 e. The van der Waals surface area contributed by atoms with Crippen molar-refractivity contribution < 1.29 is 17.5 Å². The highest BCUT2D eigenvalue weighted by atomic mass is 32.2. The molecule has 18 heavy (non-hydrogen) atoms. The Bertz CT molecular complexity index is 493. The highest BCUT2D eigenvalue weighted by Crippen LogP contribution is 2.09. The van der Waals surface area contributed by atoms with Crippen molar-refractivity contribution in [3.05, 3.63) is 11.9 Å². The molecule has 0 saturated heterocycles. The molecule has 7 nitrogen and oxygen atoms in total. The van der Waals surface area contributed by atoms with Crippen molar-refractivity contribution in [3.63, 3.8) is 0 Å². The van der Waals surface area contributed by atoms with Gasteiger partial charge in [-0.05, 0) is 13.8 Å². The molecule has 0 aliphatic carbocycles. The van der Waals surface area contributed by atoms with Gasteiger partial charge in [0.15, 0.2) is 0 Å². The van der Waals surface area contributed by atoms with Gasteiger partial charge in [0.25, 0.3) is 0 Å². The molecule has 0 aliphatic heterocycles. The van der Waals surface area contributed by atoms with Crippen molar-refractivity contribution in [2.75, 3.05) is 26.4 Å². The number of aromatic nitrogens is 3. The first-order chi connectivity index (χ1) is 8.09. The van der Waals surface area contributed by atoms with E-state index in [0.29, 0.717) is 11.0 Å². The summed E-state index contributed by atoms with van der Waals surface area (Å²) in [7, 11) is -0.443. The van der Waals surface area contributed by atoms with Crippen LogP contribution in [-0.2, 0) is 16.7 Å². The molecule has 0 aromatic carbocycles. The number of hydrogen-bond donors (Lipinski definition) is 0. The van der Waals surface area contributed by atoms with Crippen LogP contribution in [0.25, 0.3) is 0 Å². The average Bonchev–Trinajstić information content (AvgIpc) is 2.62. The van der Waals surface area contributed by atoms with E-state index in [0.717, 1.165) is 5.69 Å². The highest BCUT2D eigenvalue weighted by molar-refractivity contribution is 7.85. The van der Waals surface area contributed by atoms with Crippen molar-refractivity contribution >= 4 is 10.1 Å². The molecule has 8 heteroatoms. The van der Waals surface area contributed by atoms with Crippen molar-refractivity contribution in [2.45, 2.75) is 26.4 Å². The molecule has 0 atom stereocenters. The van der Waals surface area contributed by atoms with Gasteiger partial charge in [-0.25, -0.2) is 13.1 Å². The predicted octanol–water partition coefficient (Wildman–Crippen LogP) is -0.0194. The lowest BCUT2D eigenvalue weighted by Crippen LogP contribution is -2.42. The summed E-state index contributed by atoms with van der Waals surface area (Å²) in [5.74, 6) is -0.363. The summed E-state index contributed by atoms with van der Waals surface area (Å²) >= 11 is 0. The molecule has 1 aromatic rings. The maximum atomic E-state index is 10.6. The molecular weight excluding hydrogens is 256 g/mol. The van der Waals surface area contributed by atoms with E-state index in [2.05, 4.69) is 10.3 Å². The lowest BCUT2D eigenvalue weighted by molar-refractivity contribution is -0.901. The summed E-state index contributed by atoms with van der Waals surface area (Å²) in [6, 6.07) is 0.240. The van der Waals surface area contributed by atoms with E-state index in [4.69, 9.17) is 0 Å². The second kappa shape index (κ2) is 5.33. The second-order valence-electron chi connectivity index (χ2n) is 5.36. The Kier molecular flexibility index (Phi) is 4.46. The van der Waals surface area contributed by atoms with Gasteiger partial charge in [-0.15, -0.1) is 5.10 Å². The van der Waals surface area contributed by atoms with Gasteiger partial charge in [-0.3, -0.25) is 0 Å². The van der Waals surface area contributed by atoms with E-state index in [-0.39, 0.29) is 18.3 Å². The number of hydrogen-bond acceptors (Lipinski definition) is 5. The molecule has 0 radical (unpaired) electrons. The topological polar surface area (TPSA) is 87.9 Å². The molecule has 1 heterocycles. The third-order valence-electron chi connectivity index (χ3n) is 2.62. The molecule has 0 fully saturated rings. The molecule has 1 aromatic heterocycles. The first-order valence-electron chi connectivity index (χ1n) is 5.75. The van der Waals surface area contributed by atoms with E-state index in [9.17, 15) is 13.0 Å². The normalized spacial score (nSPS) is 13.2. The first-order valence-corrected chi connectivity index (χ1v) is 7.33. The monoisotopic (exact) mass is 276 g/mol. The molecular formula is C10H20N4O3S. The molecule has 0 bridgehead atoms. The minimum atomic E-state index is -4.16. The fourth-order valence-electron chi connectivity index (χ4n) is 1.51. The van der Waals surface area contributed by atoms with Gasteiger partial charge < -0.3 is 9.04 Å². The molecule has 0 unspecified atom stereocenters. The van der Waals surface area contributed by atoms with Crippen LogP contribution < -0.4 is 0 Å². The van der Waals surface area contributed by atoms with E-state index < -0.39 is 10.1 Å². The minimum Gasteiger partial charge on any atom is -0.748 e. The Morgan fingerprint density at radius 3 is 2.50 bits per heavy atom. The minimum absolute atomic E-state index is 0.240. The van der Waals surface area contributed by atoms with Crippen molar-refractivity contribution in [2.24, 2.45) is 0 Å². The van der Waals surface area contributed by atoms with Crippen molar-refractivity contribution in [1.82, 2.24) is 15.0 Å². The van der Waals surface area contributed by atoms with Gasteiger partial charge >= 0.3 is 0 Å². The quantitative estimate of drug-likeness (QED) is 0.538. The lowest BCUT2D eigenvalue weighted by Gasteiger charge is -2.29. The Morgan fingerprint density at radius 2 is 2.06 bits per heavy atom. The van der Waals surface area contributed by atoms with Crippen LogP contribution in [0.4, 0.5) is 0 Å². The third-order valence-corrected chi connectivity index (χ3v) is 3.31. The largest absolute Gasteiger partial charge is 0.748 e. The van der Waals surface area contributed by atoms with E-state index in [1.807, 2.05) is 34.1 Å². The van der Waals surface area contributed by atoms with Crippen LogP contribution >= 0.6 is 0 Å². The van der Waals surface area contributed by atoms with Crippen molar-refractivity contribution in [3.8, 4) is 0 Å². The molecule has 104 valence electrons. The molecule has 1 rings (SSSR count). The Hall–Kier alpha value is -0.990. The summed E-state index contributed by atoms with van der Waals surface area (Å²) in [5, 5.41) is 8.02. The molecule has 0 saturated carbocycles. The van der Waals surface area contributed by atoms with Crippen LogP contribution in [0.2, 0.25) is 0 Å². The molecule has 0 aliphatic rings. The summed E-state index contributed by atoms with van der Waals surface area (Å²) < 4.78 is 34.0. The zero-order valence-corrected chi connectivity index (χ0v) is 12.0. The maximum absolute atomic E-state index is 10.6. The van der Waals surface area contributed by atoms with E-state index >= 15 is 0 Å². The van der Waals surface area contributed by atoms with Gasteiger partial charge in [-0.1, -0.05) is 5.21 Å². The molecule has 0 amide bonds. The van der Waals surface area contributed by atoms with Crippen molar-refractivity contribution in [1.29, 1.82) is 0 Å². The fraction of sp³-hybridized carbons (Fsp3) is 0.800. The van der Waals surface area contributed by atoms with E-state index in [1.165, 1.54) is 0 Å². The fourth-order valence-corrected chi connectivity index (χ4v) is 2.23. The van der Waals surface area contributed by atoms with Gasteiger partial charge in [-0.2, -0.15) is 0 Å². The first kappa shape index (κ1) is 15.1. The van der Waals surface area contributed by atoms with Gasteiger partial charge in [0.2, 0.25) is 0 Å². The third kappa shape index (κ3) is 5.11. The Morgan fingerprint density at radius 1 is 1.44 bits per heavy atom. The zero-order valence-electron chi connectivity index (χ0n) is 11.2. The summed E-state index contributed by atoms with van der Waals surface area (Å²) in [6.07, 6.45) is 1.84. The van der Waals surface area contributed by atoms with Gasteiger partial charge in [0, 0.05) is 6.04 Å². The summed E-state index contributed by atoms with van der Waals surface area (Å²) in [5.41, 5.74) is 0.789. The summed E-state index contributed by atoms with van der Waals surface area (Å²) in [4.78, 5) is 0. The zero-order chi connectivity index (χ0) is 14.0. The summed E-state index contributed by atoms with van der Waals surface area (Å²) in [6.45, 7) is 4.81. The van der Waals surface area contributed by atoms with Gasteiger partial charge in [0.1, 0.15) is 22.4 Å². The van der Waals surface area contributed by atoms with Crippen LogP contribution in [0.3, 0.4) is 0 Å². The van der Waals surface area contributed by atoms with E-state index in [1.54, 1.807) is 4.68 Å². The lowest BCUT2D eigenvalue weighted by atomic mass is 10.3. The van der Waals surface area contributed by atoms with Crippen LogP contribution in [0, 0.1) is 0 Å². The molecule has 0 N–H and O–H groups in total. The number of nitrogens with zero attached hydrogens (tertiary/aromatic N) is 4. The van der Waals surface area contributed by atoms with Crippen LogP contribution in [0.1, 0.15) is 25.6 Å². The van der Waals surface area contributed by atoms with Crippen LogP contribution in [0.5, 0.6) is 0 Å². The second-order valence-corrected chi connectivity index (χ2v) is 6.89. The maximum Gasteiger partial charge on any atom is 0.137 e. The van der Waals surface area contributed by atoms with Crippen LogP contribution in [-0.4, -0.2) is 58.8 Å². The molecule has 0 spiro atoms. The Balaban J connectivity index is 2.64. The predicted molar refractivity (Wildman–Crippen MR) is 65.7 cm³/mol. The number of quaternary nitrogens is 1. The Labute approximate surface area is 108 Å². The van der Waals surface area contributed by atoms with Gasteiger partial charge in [0.05, 0.1) is 32.6 Å². The highest BCUT2D eigenvalue weighted by Gasteiger charge is 2.19. The van der Waals surface area contributed by atoms with Crippen LogP contribution in [0.15, 0.2) is 6.20 Å².